The van der Waals surface area contributed by atoms with Crippen LogP contribution in [0.2, 0.25) is 0 Å². The molecule has 0 spiro atoms. The summed E-state index contributed by atoms with van der Waals surface area (Å²) < 4.78 is 72.5. The van der Waals surface area contributed by atoms with E-state index in [1.54, 1.807) is 17.3 Å². The van der Waals surface area contributed by atoms with Crippen LogP contribution in [-0.4, -0.2) is 44.6 Å². The predicted molar refractivity (Wildman–Crippen MR) is 138 cm³/mol. The summed E-state index contributed by atoms with van der Waals surface area (Å²) in [5.74, 6) is -3.37. The molecule has 2 aliphatic heterocycles. The number of halogens is 5. The molecule has 6 rings (SSSR count). The maximum Gasteiger partial charge on any atom is 0.416 e. The molecule has 1 atom stereocenters. The first-order valence-corrected chi connectivity index (χ1v) is 13.5. The van der Waals surface area contributed by atoms with Crippen molar-refractivity contribution in [2.75, 3.05) is 18.0 Å². The number of nitrogens with zero attached hydrogens (tertiary/aromatic N) is 5. The molecule has 1 saturated heterocycles. The van der Waals surface area contributed by atoms with Crippen molar-refractivity contribution in [3.63, 3.8) is 0 Å². The second kappa shape index (κ2) is 9.36. The molecule has 0 bridgehead atoms. The lowest BCUT2D eigenvalue weighted by Crippen LogP contribution is -2.45. The smallest absolute Gasteiger partial charge is 0.320 e. The minimum Gasteiger partial charge on any atom is -0.320 e. The highest BCUT2D eigenvalue weighted by atomic mass is 19.4. The first-order chi connectivity index (χ1) is 18.9. The van der Waals surface area contributed by atoms with Gasteiger partial charge in [0, 0.05) is 50.3 Å². The normalized spacial score (nSPS) is 22.3. The highest BCUT2D eigenvalue weighted by Crippen LogP contribution is 2.49. The number of piperidine rings is 1. The molecule has 3 aliphatic rings. The number of anilines is 1. The van der Waals surface area contributed by atoms with Crippen LogP contribution in [0.15, 0.2) is 42.7 Å². The Bertz CT molecular complexity index is 1460. The fourth-order valence-electron chi connectivity index (χ4n) is 6.45. The Morgan fingerprint density at radius 1 is 1.10 bits per heavy atom. The Hall–Kier alpha value is -3.34. The highest BCUT2D eigenvalue weighted by Gasteiger charge is 2.45. The number of hydrogen-bond donors (Lipinski definition) is 0. The summed E-state index contributed by atoms with van der Waals surface area (Å²) in [6, 6.07) is 9.97. The van der Waals surface area contributed by atoms with Crippen molar-refractivity contribution in [1.82, 2.24) is 19.7 Å². The van der Waals surface area contributed by atoms with Crippen LogP contribution in [-0.2, 0) is 31.7 Å². The largest absolute Gasteiger partial charge is 0.416 e. The van der Waals surface area contributed by atoms with Gasteiger partial charge in [0.2, 0.25) is 0 Å². The Morgan fingerprint density at radius 2 is 1.88 bits per heavy atom. The third-order valence-corrected chi connectivity index (χ3v) is 8.88. The number of carbonyl (C=O) groups is 1. The standard InChI is InChI=1S/C29H30F5N5O/c1-18-14-38(10-9-28(18,30)31)15-19-11-22-23(24(12-19)29(32,33)34)16-39(25(22)40)21-6-3-5-20(13-21)27(7-4-8-27)26-36-35-17-37(26)2/h3,5-6,11-13,17-18H,4,7-10,14-16H2,1-2H3/t18-/m1/s1. The lowest BCUT2D eigenvalue weighted by Gasteiger charge is -2.41. The van der Waals surface area contributed by atoms with Crippen LogP contribution in [0.25, 0.3) is 0 Å². The first-order valence-electron chi connectivity index (χ1n) is 13.5. The van der Waals surface area contributed by atoms with E-state index in [-0.39, 0.29) is 49.1 Å². The summed E-state index contributed by atoms with van der Waals surface area (Å²) in [6.45, 7) is 1.47. The molecule has 212 valence electrons. The second-order valence-corrected chi connectivity index (χ2v) is 11.5. The van der Waals surface area contributed by atoms with Gasteiger partial charge < -0.3 is 9.47 Å². The topological polar surface area (TPSA) is 54.3 Å². The summed E-state index contributed by atoms with van der Waals surface area (Å²) in [5.41, 5.74) is 0.510. The maximum atomic E-state index is 14.2. The van der Waals surface area contributed by atoms with Gasteiger partial charge in [-0.25, -0.2) is 8.78 Å². The van der Waals surface area contributed by atoms with E-state index in [4.69, 9.17) is 0 Å². The summed E-state index contributed by atoms with van der Waals surface area (Å²) in [7, 11) is 1.88. The predicted octanol–water partition coefficient (Wildman–Crippen LogP) is 5.94. The van der Waals surface area contributed by atoms with Crippen LogP contribution in [0.5, 0.6) is 0 Å². The number of rotatable bonds is 5. The average molecular weight is 560 g/mol. The molecule has 0 unspecified atom stereocenters. The molecule has 3 heterocycles. The van der Waals surface area contributed by atoms with Crippen molar-refractivity contribution in [2.24, 2.45) is 13.0 Å². The fourth-order valence-corrected chi connectivity index (χ4v) is 6.45. The van der Waals surface area contributed by atoms with Crippen molar-refractivity contribution in [3.05, 3.63) is 76.4 Å². The van der Waals surface area contributed by atoms with Gasteiger partial charge in [-0.15, -0.1) is 10.2 Å². The van der Waals surface area contributed by atoms with E-state index in [1.165, 1.54) is 17.9 Å². The summed E-state index contributed by atoms with van der Waals surface area (Å²) in [4.78, 5) is 16.7. The molecular weight excluding hydrogens is 529 g/mol. The second-order valence-electron chi connectivity index (χ2n) is 11.5. The minimum atomic E-state index is -4.67. The number of hydrogen-bond acceptors (Lipinski definition) is 4. The Morgan fingerprint density at radius 3 is 2.50 bits per heavy atom. The van der Waals surface area contributed by atoms with E-state index >= 15 is 0 Å². The Labute approximate surface area is 228 Å². The SMILES string of the molecule is C[C@@H]1CN(Cc2cc3c(c(C(F)(F)F)c2)CN(c2cccc(C4(c5nncn5C)CCC4)c2)C3=O)CCC1(F)F. The van der Waals surface area contributed by atoms with Crippen molar-refractivity contribution in [1.29, 1.82) is 0 Å². The van der Waals surface area contributed by atoms with E-state index in [1.807, 2.05) is 29.8 Å². The van der Waals surface area contributed by atoms with Gasteiger partial charge in [-0.05, 0) is 53.8 Å². The van der Waals surface area contributed by atoms with Gasteiger partial charge in [-0.3, -0.25) is 9.69 Å². The summed E-state index contributed by atoms with van der Waals surface area (Å²) in [5, 5.41) is 8.36. The van der Waals surface area contributed by atoms with Crippen LogP contribution >= 0.6 is 0 Å². The van der Waals surface area contributed by atoms with Crippen LogP contribution < -0.4 is 4.90 Å². The van der Waals surface area contributed by atoms with Gasteiger partial charge in [-0.2, -0.15) is 13.2 Å². The zero-order valence-electron chi connectivity index (χ0n) is 22.3. The molecule has 40 heavy (non-hydrogen) atoms. The molecule has 1 saturated carbocycles. The number of alkyl halides is 5. The number of fused-ring (bicyclic) bond motifs is 1. The van der Waals surface area contributed by atoms with Crippen molar-refractivity contribution in [2.45, 2.75) is 63.2 Å². The lowest BCUT2D eigenvalue weighted by molar-refractivity contribution is -0.138. The number of likely N-dealkylation sites (tertiary alicyclic amines) is 1. The Balaban J connectivity index is 1.32. The van der Waals surface area contributed by atoms with Crippen molar-refractivity contribution >= 4 is 11.6 Å². The van der Waals surface area contributed by atoms with E-state index in [2.05, 4.69) is 10.2 Å². The Kier molecular flexibility index (Phi) is 6.28. The number of amides is 1. The molecule has 6 nitrogen and oxygen atoms in total. The molecular formula is C29H30F5N5O. The maximum absolute atomic E-state index is 14.2. The summed E-state index contributed by atoms with van der Waals surface area (Å²) >= 11 is 0. The van der Waals surface area contributed by atoms with Crippen LogP contribution in [0.3, 0.4) is 0 Å². The van der Waals surface area contributed by atoms with E-state index in [9.17, 15) is 26.7 Å². The molecule has 1 aromatic heterocycles. The van der Waals surface area contributed by atoms with Crippen molar-refractivity contribution in [3.8, 4) is 0 Å². The number of aromatic nitrogens is 3. The van der Waals surface area contributed by atoms with Gasteiger partial charge in [0.25, 0.3) is 11.8 Å². The third kappa shape index (κ3) is 4.38. The van der Waals surface area contributed by atoms with Gasteiger partial charge >= 0.3 is 6.18 Å². The van der Waals surface area contributed by atoms with Gasteiger partial charge in [0.15, 0.2) is 0 Å². The molecule has 1 amide bonds. The molecule has 2 fully saturated rings. The highest BCUT2D eigenvalue weighted by molar-refractivity contribution is 6.10. The molecule has 11 heteroatoms. The van der Waals surface area contributed by atoms with Gasteiger partial charge in [0.05, 0.1) is 17.5 Å². The van der Waals surface area contributed by atoms with Crippen LogP contribution in [0.4, 0.5) is 27.6 Å². The average Bonchev–Trinajstić information content (AvgIpc) is 3.44. The van der Waals surface area contributed by atoms with E-state index in [0.717, 1.165) is 36.7 Å². The first kappa shape index (κ1) is 26.9. The van der Waals surface area contributed by atoms with Crippen LogP contribution in [0.1, 0.15) is 71.0 Å². The van der Waals surface area contributed by atoms with Crippen LogP contribution in [0, 0.1) is 5.92 Å². The lowest BCUT2D eigenvalue weighted by atomic mass is 9.63. The number of aryl methyl sites for hydroxylation is 1. The molecule has 0 radical (unpaired) electrons. The van der Waals surface area contributed by atoms with E-state index in [0.29, 0.717) is 11.3 Å². The third-order valence-electron chi connectivity index (χ3n) is 8.88. The quantitative estimate of drug-likeness (QED) is 0.363. The molecule has 2 aromatic carbocycles. The number of benzene rings is 2. The number of carbonyl (C=O) groups excluding carboxylic acids is 1. The molecule has 1 aliphatic carbocycles. The minimum absolute atomic E-state index is 0.0114. The zero-order chi connectivity index (χ0) is 28.4. The monoisotopic (exact) mass is 559 g/mol. The fraction of sp³-hybridized carbons (Fsp3) is 0.483. The molecule has 0 N–H and O–H groups in total. The summed E-state index contributed by atoms with van der Waals surface area (Å²) in [6.07, 6.45) is -0.631. The van der Waals surface area contributed by atoms with Gasteiger partial charge in [-0.1, -0.05) is 25.5 Å². The molecule has 3 aromatic rings. The zero-order valence-corrected chi connectivity index (χ0v) is 22.3. The van der Waals surface area contributed by atoms with E-state index < -0.39 is 29.5 Å². The van der Waals surface area contributed by atoms with Gasteiger partial charge in [0.1, 0.15) is 12.2 Å². The van der Waals surface area contributed by atoms with Crippen molar-refractivity contribution < 1.29 is 26.7 Å².